The number of pyridine rings is 1. The van der Waals surface area contributed by atoms with Crippen molar-refractivity contribution in [2.45, 2.75) is 26.3 Å². The van der Waals surface area contributed by atoms with Crippen LogP contribution < -0.4 is 23.6 Å². The monoisotopic (exact) mass is 319 g/mol. The van der Waals surface area contributed by atoms with Gasteiger partial charge in [0, 0.05) is 11.6 Å². The van der Waals surface area contributed by atoms with E-state index >= 15 is 0 Å². The first-order valence-corrected chi connectivity index (χ1v) is 7.05. The highest BCUT2D eigenvalue weighted by Gasteiger charge is 2.18. The summed E-state index contributed by atoms with van der Waals surface area (Å²) in [4.78, 5) is 16.0. The maximum absolute atomic E-state index is 11.8. The van der Waals surface area contributed by atoms with Gasteiger partial charge in [0.2, 0.25) is 0 Å². The minimum atomic E-state index is -0.534. The molecule has 0 saturated carbocycles. The second kappa shape index (κ2) is 8.46. The van der Waals surface area contributed by atoms with E-state index < -0.39 is 6.04 Å². The van der Waals surface area contributed by atoms with Gasteiger partial charge in [-0.2, -0.15) is 5.10 Å². The van der Waals surface area contributed by atoms with Crippen LogP contribution in [0.15, 0.2) is 41.6 Å². The number of hydrogen-bond acceptors (Lipinski definition) is 4. The lowest BCUT2D eigenvalue weighted by Gasteiger charge is -2.15. The van der Waals surface area contributed by atoms with Crippen molar-refractivity contribution >= 4 is 23.0 Å². The predicted molar refractivity (Wildman–Crippen MR) is 84.9 cm³/mol. The van der Waals surface area contributed by atoms with Crippen LogP contribution in [0.1, 0.15) is 25.8 Å². The Kier molecular flexibility index (Phi) is 6.95. The van der Waals surface area contributed by atoms with Crippen molar-refractivity contribution < 1.29 is 17.2 Å². The molecule has 0 aliphatic carbocycles. The molecule has 3 N–H and O–H groups in total. The number of aromatic nitrogens is 1. The van der Waals surface area contributed by atoms with E-state index in [1.807, 2.05) is 44.2 Å². The van der Waals surface area contributed by atoms with E-state index in [2.05, 4.69) is 15.5 Å². The molecule has 0 saturated heterocycles. The van der Waals surface area contributed by atoms with E-state index in [4.69, 9.17) is 5.73 Å². The van der Waals surface area contributed by atoms with E-state index in [0.29, 0.717) is 0 Å². The van der Waals surface area contributed by atoms with Crippen molar-refractivity contribution in [2.75, 3.05) is 0 Å². The summed E-state index contributed by atoms with van der Waals surface area (Å²) >= 11 is 0. The van der Waals surface area contributed by atoms with Crippen LogP contribution in [0, 0.1) is 5.92 Å². The van der Waals surface area contributed by atoms with Gasteiger partial charge in [0.15, 0.2) is 0 Å². The maximum atomic E-state index is 11.8. The largest absolute Gasteiger partial charge is 1.00 e. The van der Waals surface area contributed by atoms with E-state index in [9.17, 15) is 4.79 Å². The Morgan fingerprint density at radius 1 is 1.45 bits per heavy atom. The third-order valence-corrected chi connectivity index (χ3v) is 3.58. The zero-order chi connectivity index (χ0) is 15.2. The van der Waals surface area contributed by atoms with Gasteiger partial charge in [0.1, 0.15) is 0 Å². The Bertz CT molecular complexity index is 659. The fourth-order valence-corrected chi connectivity index (χ4v) is 1.93. The standard InChI is InChI=1S/C16H20N4O.ClH/c1-3-11(2)15(17)16(21)20-19-10-12-6-7-14-13(9-12)5-4-8-18-14;/h4-11,15H,3,17H2,1-2H3,(H,20,21);1H/p-1/t11?,15-;/m1./s1. The Morgan fingerprint density at radius 2 is 2.23 bits per heavy atom. The number of rotatable bonds is 5. The van der Waals surface area contributed by atoms with Gasteiger partial charge in [-0.15, -0.1) is 0 Å². The van der Waals surface area contributed by atoms with Gasteiger partial charge in [-0.3, -0.25) is 9.78 Å². The molecule has 118 valence electrons. The molecule has 0 spiro atoms. The van der Waals surface area contributed by atoms with Crippen LogP contribution in [-0.2, 0) is 4.79 Å². The highest BCUT2D eigenvalue weighted by molar-refractivity contribution is 5.89. The van der Waals surface area contributed by atoms with Crippen LogP contribution in [0.2, 0.25) is 0 Å². The lowest BCUT2D eigenvalue weighted by atomic mass is 10.00. The first kappa shape index (κ1) is 18.1. The van der Waals surface area contributed by atoms with Crippen LogP contribution in [0.4, 0.5) is 0 Å². The highest BCUT2D eigenvalue weighted by Crippen LogP contribution is 2.11. The molecule has 2 rings (SSSR count). The zero-order valence-corrected chi connectivity index (χ0v) is 13.4. The lowest BCUT2D eigenvalue weighted by Crippen LogP contribution is -3.00. The average molecular weight is 320 g/mol. The summed E-state index contributed by atoms with van der Waals surface area (Å²) in [5.41, 5.74) is 10.1. The maximum Gasteiger partial charge on any atom is 0.257 e. The molecule has 2 aromatic rings. The van der Waals surface area contributed by atoms with Gasteiger partial charge in [-0.05, 0) is 29.7 Å². The number of nitrogens with zero attached hydrogens (tertiary/aromatic N) is 2. The minimum Gasteiger partial charge on any atom is -1.00 e. The first-order chi connectivity index (χ1) is 10.1. The summed E-state index contributed by atoms with van der Waals surface area (Å²) < 4.78 is 0. The number of benzene rings is 1. The number of halogens is 1. The van der Waals surface area contributed by atoms with Crippen LogP contribution >= 0.6 is 0 Å². The van der Waals surface area contributed by atoms with Crippen molar-refractivity contribution in [2.24, 2.45) is 16.8 Å². The third-order valence-electron chi connectivity index (χ3n) is 3.58. The fourth-order valence-electron chi connectivity index (χ4n) is 1.93. The second-order valence-electron chi connectivity index (χ2n) is 5.10. The predicted octanol–water partition coefficient (Wildman–Crippen LogP) is -0.938. The zero-order valence-electron chi connectivity index (χ0n) is 12.7. The van der Waals surface area contributed by atoms with Crippen LogP contribution in [-0.4, -0.2) is 23.1 Å². The number of nitrogens with two attached hydrogens (primary N) is 1. The van der Waals surface area contributed by atoms with Gasteiger partial charge in [0.25, 0.3) is 5.91 Å². The van der Waals surface area contributed by atoms with Crippen molar-refractivity contribution in [3.05, 3.63) is 42.1 Å². The topological polar surface area (TPSA) is 80.4 Å². The van der Waals surface area contributed by atoms with Crippen LogP contribution in [0.3, 0.4) is 0 Å². The molecule has 0 aliphatic heterocycles. The van der Waals surface area contributed by atoms with Crippen molar-refractivity contribution in [1.29, 1.82) is 0 Å². The SMILES string of the molecule is CCC(C)[C@@H](N)C(=O)NN=Cc1ccc2ncccc2c1.[Cl-]. The molecule has 0 fully saturated rings. The van der Waals surface area contributed by atoms with Gasteiger partial charge in [-0.25, -0.2) is 5.43 Å². The van der Waals surface area contributed by atoms with Crippen LogP contribution in [0.25, 0.3) is 10.9 Å². The second-order valence-corrected chi connectivity index (χ2v) is 5.10. The Labute approximate surface area is 136 Å². The lowest BCUT2D eigenvalue weighted by molar-refractivity contribution is -0.123. The van der Waals surface area contributed by atoms with E-state index in [1.165, 1.54) is 0 Å². The van der Waals surface area contributed by atoms with Gasteiger partial charge in [0.05, 0.1) is 17.8 Å². The number of carbonyl (C=O) groups excluding carboxylic acids is 1. The van der Waals surface area contributed by atoms with Crippen molar-refractivity contribution in [1.82, 2.24) is 10.4 Å². The number of carbonyl (C=O) groups is 1. The number of nitrogens with one attached hydrogen (secondary N) is 1. The smallest absolute Gasteiger partial charge is 0.257 e. The normalized spacial score (nSPS) is 13.6. The van der Waals surface area contributed by atoms with Gasteiger partial charge in [-0.1, -0.05) is 32.4 Å². The molecule has 5 nitrogen and oxygen atoms in total. The minimum absolute atomic E-state index is 0. The molecular formula is C16H20ClN4O-. The third kappa shape index (κ3) is 4.51. The summed E-state index contributed by atoms with van der Waals surface area (Å²) in [6.07, 6.45) is 4.22. The summed E-state index contributed by atoms with van der Waals surface area (Å²) in [7, 11) is 0. The Balaban J connectivity index is 0.00000242. The summed E-state index contributed by atoms with van der Waals surface area (Å²) in [5, 5.41) is 4.99. The number of fused-ring (bicyclic) bond motifs is 1. The number of hydrazone groups is 1. The molecule has 0 bridgehead atoms. The highest BCUT2D eigenvalue weighted by atomic mass is 35.5. The van der Waals surface area contributed by atoms with Gasteiger partial charge < -0.3 is 18.1 Å². The van der Waals surface area contributed by atoms with E-state index in [0.717, 1.165) is 22.9 Å². The van der Waals surface area contributed by atoms with Crippen molar-refractivity contribution in [3.8, 4) is 0 Å². The molecule has 6 heteroatoms. The molecule has 2 atom stereocenters. The number of amides is 1. The molecule has 0 radical (unpaired) electrons. The van der Waals surface area contributed by atoms with E-state index in [-0.39, 0.29) is 24.2 Å². The van der Waals surface area contributed by atoms with Crippen molar-refractivity contribution in [3.63, 3.8) is 0 Å². The average Bonchev–Trinajstić information content (AvgIpc) is 2.53. The van der Waals surface area contributed by atoms with Crippen LogP contribution in [0.5, 0.6) is 0 Å². The van der Waals surface area contributed by atoms with Gasteiger partial charge >= 0.3 is 0 Å². The Hall–Kier alpha value is -1.98. The molecular weight excluding hydrogens is 300 g/mol. The molecule has 22 heavy (non-hydrogen) atoms. The molecule has 1 heterocycles. The van der Waals surface area contributed by atoms with E-state index in [1.54, 1.807) is 12.4 Å². The molecule has 1 aromatic heterocycles. The molecule has 1 unspecified atom stereocenters. The Morgan fingerprint density at radius 3 is 2.95 bits per heavy atom. The summed E-state index contributed by atoms with van der Waals surface area (Å²) in [6, 6.07) is 9.12. The molecule has 0 aliphatic rings. The molecule has 1 amide bonds. The fraction of sp³-hybridized carbons (Fsp3) is 0.312. The summed E-state index contributed by atoms with van der Waals surface area (Å²) in [6.45, 7) is 3.95. The number of hydrogen-bond donors (Lipinski definition) is 2. The molecule has 1 aromatic carbocycles. The summed E-state index contributed by atoms with van der Waals surface area (Å²) in [5.74, 6) is -0.130. The first-order valence-electron chi connectivity index (χ1n) is 7.05. The quantitative estimate of drug-likeness (QED) is 0.551.